The fourth-order valence-corrected chi connectivity index (χ4v) is 2.20. The highest BCUT2D eigenvalue weighted by Crippen LogP contribution is 2.22. The maximum atomic E-state index is 12.0. The van der Waals surface area contributed by atoms with Gasteiger partial charge >= 0.3 is 12.1 Å². The van der Waals surface area contributed by atoms with Gasteiger partial charge < -0.3 is 14.8 Å². The minimum Gasteiger partial charge on any atom is -0.462 e. The second-order valence-corrected chi connectivity index (χ2v) is 6.20. The third-order valence-corrected chi connectivity index (χ3v) is 3.06. The van der Waals surface area contributed by atoms with E-state index in [2.05, 4.69) is 21.2 Å². The molecule has 0 aliphatic carbocycles. The SMILES string of the molecule is CCOC(=O)c1c(Br)cccc1CNC(=O)OC(C)(C)C. The lowest BCUT2D eigenvalue weighted by atomic mass is 10.1. The summed E-state index contributed by atoms with van der Waals surface area (Å²) in [6, 6.07) is 5.30. The van der Waals surface area contributed by atoms with Crippen molar-refractivity contribution in [3.8, 4) is 0 Å². The highest BCUT2D eigenvalue weighted by molar-refractivity contribution is 9.10. The van der Waals surface area contributed by atoms with E-state index < -0.39 is 17.7 Å². The molecule has 0 atom stereocenters. The summed E-state index contributed by atoms with van der Waals surface area (Å²) < 4.78 is 10.8. The molecule has 0 fully saturated rings. The Morgan fingerprint density at radius 1 is 1.29 bits per heavy atom. The second-order valence-electron chi connectivity index (χ2n) is 5.35. The number of carbonyl (C=O) groups is 2. The number of carbonyl (C=O) groups excluding carboxylic acids is 2. The molecule has 0 saturated carbocycles. The van der Waals surface area contributed by atoms with E-state index in [0.29, 0.717) is 22.2 Å². The Kier molecular flexibility index (Phi) is 6.20. The average molecular weight is 358 g/mol. The van der Waals surface area contributed by atoms with Crippen LogP contribution in [0.2, 0.25) is 0 Å². The van der Waals surface area contributed by atoms with Gasteiger partial charge in [0.15, 0.2) is 0 Å². The van der Waals surface area contributed by atoms with E-state index in [1.54, 1.807) is 45.9 Å². The van der Waals surface area contributed by atoms with Gasteiger partial charge in [-0.25, -0.2) is 9.59 Å². The van der Waals surface area contributed by atoms with Crippen LogP contribution in [0.15, 0.2) is 22.7 Å². The van der Waals surface area contributed by atoms with Gasteiger partial charge in [-0.3, -0.25) is 0 Å². The third-order valence-electron chi connectivity index (χ3n) is 2.40. The van der Waals surface area contributed by atoms with Gasteiger partial charge in [-0.1, -0.05) is 12.1 Å². The van der Waals surface area contributed by atoms with E-state index >= 15 is 0 Å². The Morgan fingerprint density at radius 2 is 1.95 bits per heavy atom. The van der Waals surface area contributed by atoms with Crippen LogP contribution >= 0.6 is 15.9 Å². The molecule has 0 heterocycles. The van der Waals surface area contributed by atoms with E-state index in [4.69, 9.17) is 9.47 Å². The van der Waals surface area contributed by atoms with Crippen molar-refractivity contribution in [3.05, 3.63) is 33.8 Å². The molecule has 0 radical (unpaired) electrons. The number of nitrogens with one attached hydrogen (secondary N) is 1. The number of esters is 1. The van der Waals surface area contributed by atoms with Crippen molar-refractivity contribution in [1.29, 1.82) is 0 Å². The molecule has 0 spiro atoms. The molecule has 1 amide bonds. The van der Waals surface area contributed by atoms with Gasteiger partial charge in [-0.15, -0.1) is 0 Å². The molecule has 0 unspecified atom stereocenters. The first-order valence-corrected chi connectivity index (χ1v) is 7.45. The van der Waals surface area contributed by atoms with Crippen molar-refractivity contribution in [2.45, 2.75) is 39.8 Å². The minimum absolute atomic E-state index is 0.183. The normalized spacial score (nSPS) is 10.9. The largest absolute Gasteiger partial charge is 0.462 e. The Bertz CT molecular complexity index is 523. The van der Waals surface area contributed by atoms with E-state index in [1.807, 2.05) is 0 Å². The smallest absolute Gasteiger partial charge is 0.407 e. The number of hydrogen-bond acceptors (Lipinski definition) is 4. The summed E-state index contributed by atoms with van der Waals surface area (Å²) in [7, 11) is 0. The number of amides is 1. The zero-order chi connectivity index (χ0) is 16.0. The summed E-state index contributed by atoms with van der Waals surface area (Å²) in [5.74, 6) is -0.425. The molecule has 1 rings (SSSR count). The van der Waals surface area contributed by atoms with Gasteiger partial charge in [0.25, 0.3) is 0 Å². The Balaban J connectivity index is 2.82. The van der Waals surface area contributed by atoms with Gasteiger partial charge in [0, 0.05) is 11.0 Å². The molecule has 0 saturated heterocycles. The van der Waals surface area contributed by atoms with Crippen LogP contribution in [0.1, 0.15) is 43.6 Å². The second kappa shape index (κ2) is 7.45. The van der Waals surface area contributed by atoms with Crippen LogP contribution < -0.4 is 5.32 Å². The van der Waals surface area contributed by atoms with Gasteiger partial charge in [-0.05, 0) is 55.3 Å². The van der Waals surface area contributed by atoms with E-state index in [9.17, 15) is 9.59 Å². The molecule has 1 N–H and O–H groups in total. The molecule has 0 aliphatic rings. The van der Waals surface area contributed by atoms with Gasteiger partial charge in [0.1, 0.15) is 5.60 Å². The molecule has 21 heavy (non-hydrogen) atoms. The van der Waals surface area contributed by atoms with Crippen LogP contribution in [0.5, 0.6) is 0 Å². The summed E-state index contributed by atoms with van der Waals surface area (Å²) in [5.41, 5.74) is 0.509. The Labute approximate surface area is 133 Å². The van der Waals surface area contributed by atoms with Gasteiger partial charge in [0.05, 0.1) is 12.2 Å². The summed E-state index contributed by atoms with van der Waals surface area (Å²) in [5, 5.41) is 2.63. The van der Waals surface area contributed by atoms with Crippen molar-refractivity contribution < 1.29 is 19.1 Å². The fraction of sp³-hybridized carbons (Fsp3) is 0.467. The first-order chi connectivity index (χ1) is 9.74. The Hall–Kier alpha value is -1.56. The monoisotopic (exact) mass is 357 g/mol. The van der Waals surface area contributed by atoms with Gasteiger partial charge in [0.2, 0.25) is 0 Å². The molecule has 0 aliphatic heterocycles. The molecule has 5 nitrogen and oxygen atoms in total. The van der Waals surface area contributed by atoms with Crippen LogP contribution in [-0.2, 0) is 16.0 Å². The average Bonchev–Trinajstić information content (AvgIpc) is 2.34. The standard InChI is InChI=1S/C15H20BrNO4/c1-5-20-13(18)12-10(7-6-8-11(12)16)9-17-14(19)21-15(2,3)4/h6-8H,5,9H2,1-4H3,(H,17,19). The quantitative estimate of drug-likeness (QED) is 0.835. The molecule has 1 aromatic carbocycles. The maximum absolute atomic E-state index is 12.0. The lowest BCUT2D eigenvalue weighted by Crippen LogP contribution is -2.32. The zero-order valence-corrected chi connectivity index (χ0v) is 14.2. The molecule has 1 aromatic rings. The number of hydrogen-bond donors (Lipinski definition) is 1. The maximum Gasteiger partial charge on any atom is 0.407 e. The van der Waals surface area contributed by atoms with E-state index in [1.165, 1.54) is 0 Å². The van der Waals surface area contributed by atoms with Crippen LogP contribution in [-0.4, -0.2) is 24.3 Å². The van der Waals surface area contributed by atoms with Crippen molar-refractivity contribution >= 4 is 28.0 Å². The summed E-state index contributed by atoms with van der Waals surface area (Å²) >= 11 is 3.33. The third kappa shape index (κ3) is 5.75. The van der Waals surface area contributed by atoms with Crippen LogP contribution in [0.4, 0.5) is 4.79 Å². The molecule has 0 bridgehead atoms. The minimum atomic E-state index is -0.564. The molecular weight excluding hydrogens is 338 g/mol. The first-order valence-electron chi connectivity index (χ1n) is 6.66. The fourth-order valence-electron chi connectivity index (χ4n) is 1.63. The number of benzene rings is 1. The number of ether oxygens (including phenoxy) is 2. The first kappa shape index (κ1) is 17.5. The topological polar surface area (TPSA) is 64.6 Å². The van der Waals surface area contributed by atoms with Crippen molar-refractivity contribution in [2.24, 2.45) is 0 Å². The van der Waals surface area contributed by atoms with E-state index in [-0.39, 0.29) is 6.54 Å². The highest BCUT2D eigenvalue weighted by atomic mass is 79.9. The molecule has 0 aromatic heterocycles. The number of alkyl carbamates (subject to hydrolysis) is 1. The molecule has 6 heteroatoms. The zero-order valence-electron chi connectivity index (χ0n) is 12.7. The number of halogens is 1. The van der Waals surface area contributed by atoms with Crippen LogP contribution in [0.3, 0.4) is 0 Å². The van der Waals surface area contributed by atoms with Crippen molar-refractivity contribution in [1.82, 2.24) is 5.32 Å². The molecule has 116 valence electrons. The van der Waals surface area contributed by atoms with Crippen molar-refractivity contribution in [3.63, 3.8) is 0 Å². The predicted octanol–water partition coefficient (Wildman–Crippen LogP) is 3.65. The number of rotatable bonds is 4. The Morgan fingerprint density at radius 3 is 2.52 bits per heavy atom. The summed E-state index contributed by atoms with van der Waals surface area (Å²) in [6.45, 7) is 7.58. The van der Waals surface area contributed by atoms with Crippen LogP contribution in [0.25, 0.3) is 0 Å². The van der Waals surface area contributed by atoms with Crippen LogP contribution in [0, 0.1) is 0 Å². The lowest BCUT2D eigenvalue weighted by Gasteiger charge is -2.20. The van der Waals surface area contributed by atoms with E-state index in [0.717, 1.165) is 0 Å². The predicted molar refractivity (Wildman–Crippen MR) is 83.2 cm³/mol. The summed E-state index contributed by atoms with van der Waals surface area (Å²) in [6.07, 6.45) is -0.530. The lowest BCUT2D eigenvalue weighted by molar-refractivity contribution is 0.0501. The summed E-state index contributed by atoms with van der Waals surface area (Å²) in [4.78, 5) is 23.6. The van der Waals surface area contributed by atoms with Gasteiger partial charge in [-0.2, -0.15) is 0 Å². The highest BCUT2D eigenvalue weighted by Gasteiger charge is 2.19. The van der Waals surface area contributed by atoms with Crippen molar-refractivity contribution in [2.75, 3.05) is 6.61 Å². The molecular formula is C15H20BrNO4.